The molecule has 0 N–H and O–H groups in total. The van der Waals surface area contributed by atoms with E-state index in [0.717, 1.165) is 0 Å². The first-order valence-corrected chi connectivity index (χ1v) is 6.90. The molecule has 0 radical (unpaired) electrons. The number of halogens is 3. The van der Waals surface area contributed by atoms with Gasteiger partial charge in [0.2, 0.25) is 0 Å². The fourth-order valence-electron chi connectivity index (χ4n) is 2.62. The highest BCUT2D eigenvalue weighted by molar-refractivity contribution is 5.96. The van der Waals surface area contributed by atoms with Crippen LogP contribution in [0, 0.1) is 13.8 Å². The Morgan fingerprint density at radius 2 is 2.00 bits per heavy atom. The van der Waals surface area contributed by atoms with Crippen LogP contribution in [0.3, 0.4) is 0 Å². The summed E-state index contributed by atoms with van der Waals surface area (Å²) >= 11 is 0. The predicted molar refractivity (Wildman–Crippen MR) is 68.5 cm³/mol. The molecule has 3 heterocycles. The van der Waals surface area contributed by atoms with Crippen molar-refractivity contribution in [2.45, 2.75) is 32.4 Å². The van der Waals surface area contributed by atoms with Gasteiger partial charge in [-0.15, -0.1) is 0 Å². The van der Waals surface area contributed by atoms with Crippen molar-refractivity contribution in [2.24, 2.45) is 0 Å². The Balaban J connectivity index is 1.74. The second-order valence-electron chi connectivity index (χ2n) is 5.39. The number of carbonyl (C=O) groups is 1. The van der Waals surface area contributed by atoms with Gasteiger partial charge in [-0.05, 0) is 20.3 Å². The maximum absolute atomic E-state index is 12.5. The van der Waals surface area contributed by atoms with Crippen LogP contribution in [0.1, 0.15) is 45.9 Å². The third-order valence-electron chi connectivity index (χ3n) is 3.77. The Labute approximate surface area is 128 Å². The summed E-state index contributed by atoms with van der Waals surface area (Å²) in [7, 11) is 0. The first-order chi connectivity index (χ1) is 10.8. The molecule has 1 amide bonds. The topological polar surface area (TPSA) is 85.3 Å². The SMILES string of the molecule is Cc1noc(C)c1C(=O)N1CC[C@H](c2noc(C(F)(F)F)n2)C1. The Morgan fingerprint density at radius 1 is 1.26 bits per heavy atom. The molecule has 0 unspecified atom stereocenters. The molecule has 1 atom stereocenters. The molecule has 1 aliphatic heterocycles. The Kier molecular flexibility index (Phi) is 3.61. The zero-order chi connectivity index (χ0) is 16.8. The molecule has 1 aliphatic rings. The number of rotatable bonds is 2. The summed E-state index contributed by atoms with van der Waals surface area (Å²) in [6.45, 7) is 3.91. The van der Waals surface area contributed by atoms with Gasteiger partial charge in [0.05, 0.1) is 5.69 Å². The molecule has 2 aromatic rings. The van der Waals surface area contributed by atoms with Gasteiger partial charge in [0.15, 0.2) is 5.82 Å². The number of hydrogen-bond acceptors (Lipinski definition) is 6. The Morgan fingerprint density at radius 3 is 2.57 bits per heavy atom. The second-order valence-corrected chi connectivity index (χ2v) is 5.39. The van der Waals surface area contributed by atoms with Crippen LogP contribution >= 0.6 is 0 Å². The van der Waals surface area contributed by atoms with Gasteiger partial charge in [-0.25, -0.2) is 0 Å². The molecule has 2 aromatic heterocycles. The van der Waals surface area contributed by atoms with Crippen LogP contribution < -0.4 is 0 Å². The number of aromatic nitrogens is 3. The number of aryl methyl sites for hydroxylation is 2. The molecule has 0 spiro atoms. The van der Waals surface area contributed by atoms with Crippen LogP contribution in [0.5, 0.6) is 0 Å². The summed E-state index contributed by atoms with van der Waals surface area (Å²) < 4.78 is 46.7. The standard InChI is InChI=1S/C13H13F3N4O3/c1-6-9(7(2)22-18-6)11(21)20-4-3-8(5-20)10-17-12(23-19-10)13(14,15)16/h8H,3-5H2,1-2H3/t8-/m0/s1. The minimum Gasteiger partial charge on any atom is -0.361 e. The maximum atomic E-state index is 12.5. The lowest BCUT2D eigenvalue weighted by Gasteiger charge is -2.15. The lowest BCUT2D eigenvalue weighted by Crippen LogP contribution is -2.29. The van der Waals surface area contributed by atoms with Crippen molar-refractivity contribution in [2.75, 3.05) is 13.1 Å². The molecule has 1 fully saturated rings. The van der Waals surface area contributed by atoms with Gasteiger partial charge >= 0.3 is 12.1 Å². The van der Waals surface area contributed by atoms with Crippen LogP contribution in [-0.2, 0) is 6.18 Å². The summed E-state index contributed by atoms with van der Waals surface area (Å²) in [6.07, 6.45) is -4.21. The fraction of sp³-hybridized carbons (Fsp3) is 0.538. The number of amides is 1. The van der Waals surface area contributed by atoms with Crippen molar-refractivity contribution in [1.29, 1.82) is 0 Å². The zero-order valence-corrected chi connectivity index (χ0v) is 12.3. The van der Waals surface area contributed by atoms with Gasteiger partial charge in [-0.2, -0.15) is 18.2 Å². The highest BCUT2D eigenvalue weighted by Crippen LogP contribution is 2.31. The second kappa shape index (κ2) is 5.36. The van der Waals surface area contributed by atoms with Crippen molar-refractivity contribution in [3.8, 4) is 0 Å². The van der Waals surface area contributed by atoms with E-state index in [1.165, 1.54) is 4.90 Å². The van der Waals surface area contributed by atoms with Crippen molar-refractivity contribution in [1.82, 2.24) is 20.2 Å². The van der Waals surface area contributed by atoms with Gasteiger partial charge in [-0.1, -0.05) is 10.3 Å². The van der Waals surface area contributed by atoms with E-state index >= 15 is 0 Å². The van der Waals surface area contributed by atoms with E-state index in [9.17, 15) is 18.0 Å². The molecule has 7 nitrogen and oxygen atoms in total. The number of hydrogen-bond donors (Lipinski definition) is 0. The molecular weight excluding hydrogens is 317 g/mol. The van der Waals surface area contributed by atoms with Gasteiger partial charge in [0.25, 0.3) is 5.91 Å². The minimum absolute atomic E-state index is 0.0358. The molecule has 0 bridgehead atoms. The van der Waals surface area contributed by atoms with Crippen LogP contribution in [0.4, 0.5) is 13.2 Å². The summed E-state index contributed by atoms with van der Waals surface area (Å²) in [4.78, 5) is 17.4. The molecule has 0 aliphatic carbocycles. The molecule has 124 valence electrons. The molecule has 3 rings (SSSR count). The average molecular weight is 330 g/mol. The molecule has 1 saturated heterocycles. The first kappa shape index (κ1) is 15.5. The highest BCUT2D eigenvalue weighted by Gasteiger charge is 2.40. The third-order valence-corrected chi connectivity index (χ3v) is 3.77. The van der Waals surface area contributed by atoms with Gasteiger partial charge < -0.3 is 13.9 Å². The van der Waals surface area contributed by atoms with Crippen molar-refractivity contribution >= 4 is 5.91 Å². The summed E-state index contributed by atoms with van der Waals surface area (Å²) in [5.74, 6) is -1.65. The largest absolute Gasteiger partial charge is 0.471 e. The van der Waals surface area contributed by atoms with E-state index in [2.05, 4.69) is 19.8 Å². The van der Waals surface area contributed by atoms with Crippen LogP contribution in [0.15, 0.2) is 9.05 Å². The zero-order valence-electron chi connectivity index (χ0n) is 12.3. The molecule has 0 saturated carbocycles. The maximum Gasteiger partial charge on any atom is 0.471 e. The van der Waals surface area contributed by atoms with Gasteiger partial charge in [0.1, 0.15) is 11.3 Å². The average Bonchev–Trinajstić information content (AvgIpc) is 3.16. The Hall–Kier alpha value is -2.39. The highest BCUT2D eigenvalue weighted by atomic mass is 19.4. The normalized spacial score (nSPS) is 18.7. The molecule has 23 heavy (non-hydrogen) atoms. The number of carbonyl (C=O) groups excluding carboxylic acids is 1. The lowest BCUT2D eigenvalue weighted by atomic mass is 10.1. The summed E-state index contributed by atoms with van der Waals surface area (Å²) in [5.41, 5.74) is 0.865. The summed E-state index contributed by atoms with van der Waals surface area (Å²) in [5, 5.41) is 7.11. The predicted octanol–water partition coefficient (Wildman–Crippen LogP) is 2.32. The fourth-order valence-corrected chi connectivity index (χ4v) is 2.62. The number of alkyl halides is 3. The van der Waals surface area contributed by atoms with Crippen molar-refractivity contribution in [3.63, 3.8) is 0 Å². The first-order valence-electron chi connectivity index (χ1n) is 6.90. The number of likely N-dealkylation sites (tertiary alicyclic amines) is 1. The monoisotopic (exact) mass is 330 g/mol. The van der Waals surface area contributed by atoms with E-state index in [-0.39, 0.29) is 24.2 Å². The number of nitrogens with zero attached hydrogens (tertiary/aromatic N) is 4. The summed E-state index contributed by atoms with van der Waals surface area (Å²) in [6, 6.07) is 0. The van der Waals surface area contributed by atoms with Crippen LogP contribution in [0.25, 0.3) is 0 Å². The quantitative estimate of drug-likeness (QED) is 0.840. The third kappa shape index (κ3) is 2.80. The van der Waals surface area contributed by atoms with Gasteiger partial charge in [-0.3, -0.25) is 4.79 Å². The van der Waals surface area contributed by atoms with Crippen LogP contribution in [-0.4, -0.2) is 39.2 Å². The van der Waals surface area contributed by atoms with Crippen LogP contribution in [0.2, 0.25) is 0 Å². The molecular formula is C13H13F3N4O3. The van der Waals surface area contributed by atoms with E-state index in [4.69, 9.17) is 4.52 Å². The van der Waals surface area contributed by atoms with E-state index < -0.39 is 12.1 Å². The van der Waals surface area contributed by atoms with Crippen molar-refractivity contribution < 1.29 is 27.0 Å². The van der Waals surface area contributed by atoms with E-state index in [1.807, 2.05) is 0 Å². The lowest BCUT2D eigenvalue weighted by molar-refractivity contribution is -0.159. The smallest absolute Gasteiger partial charge is 0.361 e. The minimum atomic E-state index is -4.67. The Bertz CT molecular complexity index is 718. The molecule has 10 heteroatoms. The van der Waals surface area contributed by atoms with E-state index in [0.29, 0.717) is 30.0 Å². The van der Waals surface area contributed by atoms with Gasteiger partial charge in [0, 0.05) is 19.0 Å². The molecule has 0 aromatic carbocycles. The van der Waals surface area contributed by atoms with Crippen molar-refractivity contribution in [3.05, 3.63) is 28.7 Å². The van der Waals surface area contributed by atoms with E-state index in [1.54, 1.807) is 13.8 Å².